The van der Waals surface area contributed by atoms with Gasteiger partial charge in [-0.15, -0.1) is 0 Å². The number of benzene rings is 1. The second kappa shape index (κ2) is 7.04. The topological polar surface area (TPSA) is 73.5 Å². The first-order chi connectivity index (χ1) is 11.7. The minimum absolute atomic E-state index is 0.102. The normalized spacial score (nSPS) is 15.1. The van der Waals surface area contributed by atoms with Crippen molar-refractivity contribution in [2.45, 2.75) is 13.3 Å². The highest BCUT2D eigenvalue weighted by molar-refractivity contribution is 5.95. The zero-order valence-electron chi connectivity index (χ0n) is 13.5. The Kier molecular flexibility index (Phi) is 4.65. The summed E-state index contributed by atoms with van der Waals surface area (Å²) in [6.07, 6.45) is 8.38. The molecule has 6 nitrogen and oxygen atoms in total. The van der Waals surface area contributed by atoms with Crippen LogP contribution in [0.1, 0.15) is 23.7 Å². The van der Waals surface area contributed by atoms with Crippen LogP contribution >= 0.6 is 0 Å². The fourth-order valence-corrected chi connectivity index (χ4v) is 2.51. The van der Waals surface area contributed by atoms with Crippen molar-refractivity contribution in [2.75, 3.05) is 18.4 Å². The van der Waals surface area contributed by atoms with Gasteiger partial charge in [0.25, 0.3) is 5.91 Å². The van der Waals surface area contributed by atoms with Crippen molar-refractivity contribution in [3.63, 3.8) is 0 Å². The van der Waals surface area contributed by atoms with Gasteiger partial charge in [-0.1, -0.05) is 6.92 Å². The Labute approximate surface area is 140 Å². The summed E-state index contributed by atoms with van der Waals surface area (Å²) in [6.45, 7) is 3.20. The molecular weight excluding hydrogens is 304 g/mol. The minimum atomic E-state index is -0.200. The molecule has 3 N–H and O–H groups in total. The second-order valence-corrected chi connectivity index (χ2v) is 5.65. The first-order valence-electron chi connectivity index (χ1n) is 7.97. The largest absolute Gasteiger partial charge is 0.367 e. The smallest absolute Gasteiger partial charge is 0.326 e. The monoisotopic (exact) mass is 324 g/mol. The Balaban J connectivity index is 1.60. The molecule has 3 rings (SSSR count). The lowest BCUT2D eigenvalue weighted by Crippen LogP contribution is -2.29. The molecule has 0 saturated heterocycles. The lowest BCUT2D eigenvalue weighted by atomic mass is 10.1. The van der Waals surface area contributed by atoms with E-state index in [1.54, 1.807) is 29.2 Å². The van der Waals surface area contributed by atoms with Gasteiger partial charge in [0.15, 0.2) is 0 Å². The number of amides is 3. The summed E-state index contributed by atoms with van der Waals surface area (Å²) in [7, 11) is 0. The maximum absolute atomic E-state index is 12.3. The van der Waals surface area contributed by atoms with Crippen molar-refractivity contribution >= 4 is 17.6 Å². The standard InChI is InChI=1S/C18H20N4O2/c1-2-8-20-17(23)13-3-5-16(6-4-13)21-18(24)22-11-14-7-9-19-10-15(14)12-22/h3-7,9-11,19H,2,8,12H2,1H3,(H,20,23)(H,21,24). The zero-order valence-corrected chi connectivity index (χ0v) is 13.5. The third kappa shape index (κ3) is 3.48. The molecule has 3 amide bonds. The van der Waals surface area contributed by atoms with E-state index in [9.17, 15) is 9.59 Å². The Bertz CT molecular complexity index is 732. The second-order valence-electron chi connectivity index (χ2n) is 5.65. The number of allylic oxidation sites excluding steroid dienone is 1. The summed E-state index contributed by atoms with van der Waals surface area (Å²) < 4.78 is 0. The first-order valence-corrected chi connectivity index (χ1v) is 7.97. The molecule has 24 heavy (non-hydrogen) atoms. The summed E-state index contributed by atoms with van der Waals surface area (Å²) in [5.74, 6) is -0.102. The van der Waals surface area contributed by atoms with Crippen molar-refractivity contribution < 1.29 is 9.59 Å². The van der Waals surface area contributed by atoms with Gasteiger partial charge in [-0.05, 0) is 47.9 Å². The van der Waals surface area contributed by atoms with E-state index in [1.165, 1.54) is 0 Å². The van der Waals surface area contributed by atoms with Crippen molar-refractivity contribution in [3.8, 4) is 0 Å². The maximum Gasteiger partial charge on any atom is 0.326 e. The predicted molar refractivity (Wildman–Crippen MR) is 93.2 cm³/mol. The van der Waals surface area contributed by atoms with E-state index in [4.69, 9.17) is 0 Å². The van der Waals surface area contributed by atoms with Gasteiger partial charge >= 0.3 is 6.03 Å². The number of nitrogens with one attached hydrogen (secondary N) is 3. The number of anilines is 1. The Morgan fingerprint density at radius 3 is 2.75 bits per heavy atom. The number of hydrogen-bond acceptors (Lipinski definition) is 3. The van der Waals surface area contributed by atoms with Crippen LogP contribution in [0.3, 0.4) is 0 Å². The molecule has 0 spiro atoms. The maximum atomic E-state index is 12.3. The van der Waals surface area contributed by atoms with Gasteiger partial charge in [0.1, 0.15) is 0 Å². The third-order valence-corrected chi connectivity index (χ3v) is 3.82. The molecule has 6 heteroatoms. The van der Waals surface area contributed by atoms with E-state index in [2.05, 4.69) is 16.0 Å². The van der Waals surface area contributed by atoms with Gasteiger partial charge in [-0.2, -0.15) is 0 Å². The van der Waals surface area contributed by atoms with Crippen molar-refractivity contribution in [2.24, 2.45) is 0 Å². The highest BCUT2D eigenvalue weighted by Gasteiger charge is 2.22. The van der Waals surface area contributed by atoms with E-state index in [1.807, 2.05) is 31.6 Å². The lowest BCUT2D eigenvalue weighted by Gasteiger charge is -2.15. The molecule has 2 aliphatic heterocycles. The predicted octanol–water partition coefficient (Wildman–Crippen LogP) is 2.56. The molecule has 124 valence electrons. The number of rotatable bonds is 4. The lowest BCUT2D eigenvalue weighted by molar-refractivity contribution is 0.0953. The van der Waals surface area contributed by atoms with Crippen molar-refractivity contribution in [1.29, 1.82) is 0 Å². The molecule has 1 aromatic rings. The van der Waals surface area contributed by atoms with Crippen LogP contribution in [0.5, 0.6) is 0 Å². The molecule has 0 unspecified atom stereocenters. The van der Waals surface area contributed by atoms with Gasteiger partial charge in [0, 0.05) is 36.4 Å². The molecule has 2 heterocycles. The summed E-state index contributed by atoms with van der Waals surface area (Å²) in [4.78, 5) is 25.8. The van der Waals surface area contributed by atoms with Crippen LogP contribution in [0.25, 0.3) is 0 Å². The number of hydrogen-bond donors (Lipinski definition) is 3. The summed E-state index contributed by atoms with van der Waals surface area (Å²) in [5, 5.41) is 8.68. The summed E-state index contributed by atoms with van der Waals surface area (Å²) in [5.41, 5.74) is 3.35. The average molecular weight is 324 g/mol. The number of nitrogens with zero attached hydrogens (tertiary/aromatic N) is 1. The number of dihydropyridines is 1. The van der Waals surface area contributed by atoms with Gasteiger partial charge in [0.05, 0.1) is 6.54 Å². The Morgan fingerprint density at radius 1 is 1.25 bits per heavy atom. The van der Waals surface area contributed by atoms with Crippen LogP contribution in [-0.2, 0) is 0 Å². The van der Waals surface area contributed by atoms with Gasteiger partial charge < -0.3 is 16.0 Å². The first kappa shape index (κ1) is 15.9. The molecule has 0 bridgehead atoms. The summed E-state index contributed by atoms with van der Waals surface area (Å²) in [6, 6.07) is 6.68. The minimum Gasteiger partial charge on any atom is -0.367 e. The number of fused-ring (bicyclic) bond motifs is 1. The Morgan fingerprint density at radius 2 is 2.04 bits per heavy atom. The van der Waals surface area contributed by atoms with E-state index in [-0.39, 0.29) is 11.9 Å². The van der Waals surface area contributed by atoms with E-state index >= 15 is 0 Å². The molecule has 0 aliphatic carbocycles. The van der Waals surface area contributed by atoms with Gasteiger partial charge in [-0.25, -0.2) is 4.79 Å². The van der Waals surface area contributed by atoms with Gasteiger partial charge in [-0.3, -0.25) is 9.69 Å². The fraction of sp³-hybridized carbons (Fsp3) is 0.222. The van der Waals surface area contributed by atoms with Crippen LogP contribution in [0, 0.1) is 0 Å². The molecule has 0 saturated carbocycles. The quantitative estimate of drug-likeness (QED) is 0.797. The van der Waals surface area contributed by atoms with E-state index < -0.39 is 0 Å². The van der Waals surface area contributed by atoms with Crippen LogP contribution in [0.15, 0.2) is 60.1 Å². The van der Waals surface area contributed by atoms with Crippen molar-refractivity contribution in [1.82, 2.24) is 15.5 Å². The third-order valence-electron chi connectivity index (χ3n) is 3.82. The Hall–Kier alpha value is -3.02. The number of carbonyl (C=O) groups excluding carboxylic acids is 2. The van der Waals surface area contributed by atoms with Crippen LogP contribution in [0.4, 0.5) is 10.5 Å². The molecule has 0 fully saturated rings. The number of carbonyl (C=O) groups is 2. The average Bonchev–Trinajstić information content (AvgIpc) is 3.04. The molecule has 0 atom stereocenters. The van der Waals surface area contributed by atoms with Crippen LogP contribution < -0.4 is 16.0 Å². The SMILES string of the molecule is CCCNC(=O)c1ccc(NC(=O)N2C=C3C=CNC=C3C2)cc1. The molecule has 0 radical (unpaired) electrons. The van der Waals surface area contributed by atoms with Crippen molar-refractivity contribution in [3.05, 3.63) is 65.7 Å². The van der Waals surface area contributed by atoms with Gasteiger partial charge in [0.2, 0.25) is 0 Å². The molecule has 0 aromatic heterocycles. The highest BCUT2D eigenvalue weighted by Crippen LogP contribution is 2.24. The highest BCUT2D eigenvalue weighted by atomic mass is 16.2. The summed E-state index contributed by atoms with van der Waals surface area (Å²) >= 11 is 0. The molecule has 2 aliphatic rings. The van der Waals surface area contributed by atoms with E-state index in [0.717, 1.165) is 17.6 Å². The zero-order chi connectivity index (χ0) is 16.9. The van der Waals surface area contributed by atoms with Crippen LogP contribution in [-0.4, -0.2) is 29.9 Å². The number of urea groups is 1. The fourth-order valence-electron chi connectivity index (χ4n) is 2.51. The molecular formula is C18H20N4O2. The van der Waals surface area contributed by atoms with Crippen LogP contribution in [0.2, 0.25) is 0 Å². The molecule has 1 aromatic carbocycles. The van der Waals surface area contributed by atoms with E-state index in [0.29, 0.717) is 24.3 Å².